The molecule has 0 saturated carbocycles. The Balaban J connectivity index is 2.91. The average molecular weight is 191 g/mol. The number of hydrogen-bond acceptors (Lipinski definition) is 1. The molecule has 2 aromatic rings. The van der Waals surface area contributed by atoms with Crippen molar-refractivity contribution >= 4 is 22.5 Å². The van der Waals surface area contributed by atoms with Gasteiger partial charge in [-0.1, -0.05) is 11.6 Å². The van der Waals surface area contributed by atoms with Gasteiger partial charge in [0.25, 0.3) is 0 Å². The van der Waals surface area contributed by atoms with Crippen LogP contribution < -0.4 is 0 Å². The molecule has 0 spiro atoms. The lowest BCUT2D eigenvalue weighted by Crippen LogP contribution is -1.73. The zero-order chi connectivity index (χ0) is 9.42. The Morgan fingerprint density at radius 3 is 2.92 bits per heavy atom. The molecule has 0 atom stereocenters. The van der Waals surface area contributed by atoms with Gasteiger partial charge in [-0.2, -0.15) is 5.26 Å². The third kappa shape index (κ3) is 1.18. The second-order valence-corrected chi connectivity index (χ2v) is 3.36. The Kier molecular flexibility index (Phi) is 1.75. The van der Waals surface area contributed by atoms with Gasteiger partial charge in [-0.05, 0) is 25.1 Å². The Morgan fingerprint density at radius 1 is 1.46 bits per heavy atom. The number of rotatable bonds is 0. The highest BCUT2D eigenvalue weighted by atomic mass is 35.5. The minimum Gasteiger partial charge on any atom is -0.358 e. The third-order valence-electron chi connectivity index (χ3n) is 2.06. The van der Waals surface area contributed by atoms with Crippen LogP contribution in [0.1, 0.15) is 11.3 Å². The maximum Gasteiger partial charge on any atom is 0.102 e. The molecule has 0 fully saturated rings. The van der Waals surface area contributed by atoms with Crippen LogP contribution in [0.4, 0.5) is 0 Å². The topological polar surface area (TPSA) is 39.6 Å². The lowest BCUT2D eigenvalue weighted by atomic mass is 10.1. The average Bonchev–Trinajstić information content (AvgIpc) is 2.40. The fraction of sp³-hybridized carbons (Fsp3) is 0.100. The molecule has 13 heavy (non-hydrogen) atoms. The van der Waals surface area contributed by atoms with Gasteiger partial charge in [0.15, 0.2) is 0 Å². The minimum absolute atomic E-state index is 0.656. The third-order valence-corrected chi connectivity index (χ3v) is 2.30. The highest BCUT2D eigenvalue weighted by Crippen LogP contribution is 2.24. The molecule has 1 aromatic carbocycles. The molecule has 0 amide bonds. The summed E-state index contributed by atoms with van der Waals surface area (Å²) in [6.45, 7) is 1.88. The number of nitriles is 1. The Hall–Kier alpha value is -1.46. The molecule has 0 aliphatic rings. The van der Waals surface area contributed by atoms with Crippen LogP contribution >= 0.6 is 11.6 Å². The molecule has 0 aliphatic carbocycles. The first-order chi connectivity index (χ1) is 6.22. The summed E-state index contributed by atoms with van der Waals surface area (Å²) in [4.78, 5) is 3.12. The number of aromatic nitrogens is 1. The largest absolute Gasteiger partial charge is 0.358 e. The van der Waals surface area contributed by atoms with Crippen LogP contribution in [0.2, 0.25) is 5.02 Å². The molecular weight excluding hydrogens is 184 g/mol. The van der Waals surface area contributed by atoms with Crippen molar-refractivity contribution in [2.45, 2.75) is 6.92 Å². The van der Waals surface area contributed by atoms with Crippen molar-refractivity contribution < 1.29 is 0 Å². The van der Waals surface area contributed by atoms with Crippen molar-refractivity contribution in [2.24, 2.45) is 0 Å². The van der Waals surface area contributed by atoms with E-state index in [2.05, 4.69) is 11.1 Å². The predicted octanol–water partition coefficient (Wildman–Crippen LogP) is 3.00. The van der Waals surface area contributed by atoms with Crippen molar-refractivity contribution in [3.8, 4) is 6.07 Å². The molecule has 0 aliphatic heterocycles. The van der Waals surface area contributed by atoms with Crippen LogP contribution in [-0.4, -0.2) is 4.98 Å². The fourth-order valence-electron chi connectivity index (χ4n) is 1.44. The van der Waals surface area contributed by atoms with Crippen LogP contribution in [0.3, 0.4) is 0 Å². The summed E-state index contributed by atoms with van der Waals surface area (Å²) in [6.07, 6.45) is 0. The fourth-order valence-corrected chi connectivity index (χ4v) is 1.61. The van der Waals surface area contributed by atoms with E-state index in [-0.39, 0.29) is 0 Å². The van der Waals surface area contributed by atoms with E-state index in [1.165, 1.54) is 0 Å². The molecule has 0 bridgehead atoms. The van der Waals surface area contributed by atoms with Crippen molar-refractivity contribution in [3.05, 3.63) is 34.5 Å². The molecule has 2 rings (SSSR count). The summed E-state index contributed by atoms with van der Waals surface area (Å²) < 4.78 is 0. The molecule has 0 radical (unpaired) electrons. The molecule has 0 unspecified atom stereocenters. The molecule has 1 heterocycles. The van der Waals surface area contributed by atoms with Crippen molar-refractivity contribution in [1.29, 1.82) is 5.26 Å². The second kappa shape index (κ2) is 2.79. The number of fused-ring (bicyclic) bond motifs is 1. The van der Waals surface area contributed by atoms with Crippen molar-refractivity contribution in [3.63, 3.8) is 0 Å². The zero-order valence-electron chi connectivity index (χ0n) is 7.06. The molecule has 3 heteroatoms. The van der Waals surface area contributed by atoms with Gasteiger partial charge in [0, 0.05) is 21.6 Å². The molecule has 0 saturated heterocycles. The first-order valence-corrected chi connectivity index (χ1v) is 4.28. The van der Waals surface area contributed by atoms with Crippen LogP contribution in [-0.2, 0) is 0 Å². The van der Waals surface area contributed by atoms with E-state index in [9.17, 15) is 0 Å². The number of hydrogen-bond donors (Lipinski definition) is 1. The van der Waals surface area contributed by atoms with Crippen LogP contribution in [0.5, 0.6) is 0 Å². The van der Waals surface area contributed by atoms with Gasteiger partial charge in [0.2, 0.25) is 0 Å². The highest BCUT2D eigenvalue weighted by molar-refractivity contribution is 6.31. The van der Waals surface area contributed by atoms with Gasteiger partial charge < -0.3 is 4.98 Å². The maximum absolute atomic E-state index is 8.88. The van der Waals surface area contributed by atoms with Gasteiger partial charge in [-0.15, -0.1) is 0 Å². The van der Waals surface area contributed by atoms with E-state index in [4.69, 9.17) is 16.9 Å². The number of halogens is 1. The van der Waals surface area contributed by atoms with E-state index in [1.54, 1.807) is 12.1 Å². The Bertz CT molecular complexity index is 505. The van der Waals surface area contributed by atoms with Gasteiger partial charge in [0.05, 0.1) is 5.56 Å². The quantitative estimate of drug-likeness (QED) is 0.682. The first kappa shape index (κ1) is 8.15. The molecule has 2 nitrogen and oxygen atoms in total. The summed E-state index contributed by atoms with van der Waals surface area (Å²) in [5, 5.41) is 10.4. The smallest absolute Gasteiger partial charge is 0.102 e. The van der Waals surface area contributed by atoms with Crippen molar-refractivity contribution in [2.75, 3.05) is 0 Å². The summed E-state index contributed by atoms with van der Waals surface area (Å²) in [6, 6.07) is 7.65. The Morgan fingerprint density at radius 2 is 2.23 bits per heavy atom. The monoisotopic (exact) mass is 190 g/mol. The molecule has 64 valence electrons. The Labute approximate surface area is 80.7 Å². The van der Waals surface area contributed by atoms with Crippen LogP contribution in [0.25, 0.3) is 10.9 Å². The van der Waals surface area contributed by atoms with Gasteiger partial charge in [-0.3, -0.25) is 0 Å². The number of nitrogens with zero attached hydrogens (tertiary/aromatic N) is 1. The maximum atomic E-state index is 8.88. The van der Waals surface area contributed by atoms with E-state index in [0.717, 1.165) is 16.6 Å². The highest BCUT2D eigenvalue weighted by Gasteiger charge is 2.06. The number of benzene rings is 1. The number of H-pyrrole nitrogens is 1. The van der Waals surface area contributed by atoms with Gasteiger partial charge in [0.1, 0.15) is 6.07 Å². The first-order valence-electron chi connectivity index (χ1n) is 3.90. The number of aromatic amines is 1. The summed E-state index contributed by atoms with van der Waals surface area (Å²) in [5.41, 5.74) is 2.52. The molecule has 1 N–H and O–H groups in total. The van der Waals surface area contributed by atoms with E-state index >= 15 is 0 Å². The standard InChI is InChI=1S/C10H7ClN2/c1-6-9(5-12)8-4-7(11)2-3-10(8)13-6/h2-4,13H,1H3. The lowest BCUT2D eigenvalue weighted by Gasteiger charge is -1.90. The summed E-state index contributed by atoms with van der Waals surface area (Å²) in [7, 11) is 0. The SMILES string of the molecule is Cc1[nH]c2ccc(Cl)cc2c1C#N. The van der Waals surface area contributed by atoms with E-state index in [0.29, 0.717) is 10.6 Å². The minimum atomic E-state index is 0.656. The number of aryl methyl sites for hydroxylation is 1. The van der Waals surface area contributed by atoms with Crippen LogP contribution in [0, 0.1) is 18.3 Å². The van der Waals surface area contributed by atoms with Crippen LogP contribution in [0.15, 0.2) is 18.2 Å². The summed E-state index contributed by atoms with van der Waals surface area (Å²) >= 11 is 5.83. The van der Waals surface area contributed by atoms with Gasteiger partial charge >= 0.3 is 0 Å². The zero-order valence-corrected chi connectivity index (χ0v) is 7.81. The normalized spacial score (nSPS) is 10.2. The lowest BCUT2D eigenvalue weighted by molar-refractivity contribution is 1.28. The second-order valence-electron chi connectivity index (χ2n) is 2.93. The summed E-state index contributed by atoms with van der Waals surface area (Å²) in [5.74, 6) is 0. The number of nitrogens with one attached hydrogen (secondary N) is 1. The van der Waals surface area contributed by atoms with Crippen molar-refractivity contribution in [1.82, 2.24) is 4.98 Å². The molecular formula is C10H7ClN2. The van der Waals surface area contributed by atoms with Gasteiger partial charge in [-0.25, -0.2) is 0 Å². The molecule has 1 aromatic heterocycles. The van der Waals surface area contributed by atoms with E-state index in [1.807, 2.05) is 13.0 Å². The predicted molar refractivity (Wildman–Crippen MR) is 52.8 cm³/mol. The van der Waals surface area contributed by atoms with E-state index < -0.39 is 0 Å².